The van der Waals surface area contributed by atoms with Crippen LogP contribution in [0, 0.1) is 11.7 Å². The monoisotopic (exact) mass is 252 g/mol. The topological polar surface area (TPSA) is 17.8 Å². The van der Waals surface area contributed by atoms with Gasteiger partial charge in [0.25, 0.3) is 0 Å². The van der Waals surface area contributed by atoms with Gasteiger partial charge in [0.1, 0.15) is 11.3 Å². The summed E-state index contributed by atoms with van der Waals surface area (Å²) in [6.07, 6.45) is 2.26. The fraction of sp³-hybridized carbons (Fsp3) is 0.462. The molecule has 3 rings (SSSR count). The molecule has 0 saturated heterocycles. The fourth-order valence-corrected chi connectivity index (χ4v) is 2.89. The zero-order chi connectivity index (χ0) is 12.0. The number of imidazole rings is 1. The first-order valence-electron chi connectivity index (χ1n) is 5.92. The Kier molecular flexibility index (Phi) is 2.58. The summed E-state index contributed by atoms with van der Waals surface area (Å²) in [5, 5.41) is 0. The van der Waals surface area contributed by atoms with Crippen LogP contribution in [0.2, 0.25) is 0 Å². The van der Waals surface area contributed by atoms with E-state index in [1.54, 1.807) is 6.07 Å². The summed E-state index contributed by atoms with van der Waals surface area (Å²) >= 11 is 5.91. The predicted molar refractivity (Wildman–Crippen MR) is 66.7 cm³/mol. The summed E-state index contributed by atoms with van der Waals surface area (Å²) in [5.74, 6) is 1.59. The van der Waals surface area contributed by atoms with E-state index >= 15 is 0 Å². The van der Waals surface area contributed by atoms with Crippen LogP contribution < -0.4 is 0 Å². The van der Waals surface area contributed by atoms with Crippen LogP contribution in [0.5, 0.6) is 0 Å². The highest BCUT2D eigenvalue weighted by molar-refractivity contribution is 6.16. The van der Waals surface area contributed by atoms with E-state index in [4.69, 9.17) is 11.6 Å². The van der Waals surface area contributed by atoms with Crippen LogP contribution in [0.1, 0.15) is 31.6 Å². The molecule has 1 aromatic carbocycles. The van der Waals surface area contributed by atoms with Gasteiger partial charge in [-0.1, -0.05) is 13.0 Å². The van der Waals surface area contributed by atoms with Gasteiger partial charge >= 0.3 is 0 Å². The molecule has 1 aromatic heterocycles. The molecule has 1 aliphatic rings. The highest BCUT2D eigenvalue weighted by Crippen LogP contribution is 2.40. The molecule has 2 aromatic rings. The zero-order valence-electron chi connectivity index (χ0n) is 9.66. The zero-order valence-corrected chi connectivity index (χ0v) is 10.4. The van der Waals surface area contributed by atoms with Crippen molar-refractivity contribution in [3.63, 3.8) is 0 Å². The predicted octanol–water partition coefficient (Wildman–Crippen LogP) is 3.89. The van der Waals surface area contributed by atoms with Gasteiger partial charge in [-0.15, -0.1) is 11.6 Å². The third kappa shape index (κ3) is 1.64. The van der Waals surface area contributed by atoms with E-state index < -0.39 is 0 Å². The van der Waals surface area contributed by atoms with Crippen LogP contribution in [-0.2, 0) is 5.88 Å². The van der Waals surface area contributed by atoms with Gasteiger partial charge in [-0.25, -0.2) is 9.37 Å². The lowest BCUT2D eigenvalue weighted by atomic mass is 9.81. The van der Waals surface area contributed by atoms with Gasteiger partial charge in [-0.05, 0) is 30.9 Å². The number of nitrogens with zero attached hydrogens (tertiary/aromatic N) is 2. The third-order valence-corrected chi connectivity index (χ3v) is 3.82. The minimum Gasteiger partial charge on any atom is -0.324 e. The van der Waals surface area contributed by atoms with E-state index in [0.717, 1.165) is 30.1 Å². The van der Waals surface area contributed by atoms with Crippen molar-refractivity contribution in [2.24, 2.45) is 5.92 Å². The van der Waals surface area contributed by atoms with Crippen molar-refractivity contribution in [3.8, 4) is 0 Å². The molecule has 90 valence electrons. The lowest BCUT2D eigenvalue weighted by Gasteiger charge is -2.35. The van der Waals surface area contributed by atoms with Crippen LogP contribution in [-0.4, -0.2) is 9.55 Å². The molecule has 0 unspecified atom stereocenters. The standard InChI is InChI=1S/C13H14ClFN2/c1-8-5-9(6-8)17-11-4-2-3-10(15)13(11)16-12(17)7-14/h2-4,8-9H,5-7H2,1H3. The molecule has 0 amide bonds. The van der Waals surface area contributed by atoms with Crippen molar-refractivity contribution < 1.29 is 4.39 Å². The van der Waals surface area contributed by atoms with Gasteiger partial charge < -0.3 is 4.57 Å². The van der Waals surface area contributed by atoms with E-state index in [9.17, 15) is 4.39 Å². The normalized spacial score (nSPS) is 23.9. The number of aromatic nitrogens is 2. The van der Waals surface area contributed by atoms with Gasteiger partial charge in [0.05, 0.1) is 11.4 Å². The van der Waals surface area contributed by atoms with Gasteiger partial charge in [0.2, 0.25) is 0 Å². The SMILES string of the molecule is CC1CC(n2c(CCl)nc3c(F)cccc32)C1. The summed E-state index contributed by atoms with van der Waals surface area (Å²) in [4.78, 5) is 4.31. The molecule has 0 spiro atoms. The number of alkyl halides is 1. The maximum atomic E-state index is 13.7. The van der Waals surface area contributed by atoms with Crippen LogP contribution >= 0.6 is 11.6 Å². The second kappa shape index (κ2) is 3.98. The van der Waals surface area contributed by atoms with Crippen molar-refractivity contribution in [1.29, 1.82) is 0 Å². The Morgan fingerprint density at radius 1 is 1.47 bits per heavy atom. The molecule has 17 heavy (non-hydrogen) atoms. The molecular formula is C13H14ClFN2. The number of rotatable bonds is 2. The second-order valence-electron chi connectivity index (χ2n) is 4.87. The molecule has 1 fully saturated rings. The number of fused-ring (bicyclic) bond motifs is 1. The highest BCUT2D eigenvalue weighted by Gasteiger charge is 2.30. The molecule has 0 radical (unpaired) electrons. The quantitative estimate of drug-likeness (QED) is 0.742. The molecule has 0 aliphatic heterocycles. The summed E-state index contributed by atoms with van der Waals surface area (Å²) < 4.78 is 15.8. The van der Waals surface area contributed by atoms with Gasteiger partial charge in [0, 0.05) is 6.04 Å². The Labute approximate surface area is 104 Å². The van der Waals surface area contributed by atoms with Crippen molar-refractivity contribution in [1.82, 2.24) is 9.55 Å². The minimum atomic E-state index is -0.264. The Bertz CT molecular complexity index is 558. The van der Waals surface area contributed by atoms with Crippen molar-refractivity contribution in [3.05, 3.63) is 29.8 Å². The maximum absolute atomic E-state index is 13.7. The average Bonchev–Trinajstić information content (AvgIpc) is 2.65. The Morgan fingerprint density at radius 2 is 2.24 bits per heavy atom. The minimum absolute atomic E-state index is 0.264. The lowest BCUT2D eigenvalue weighted by molar-refractivity contribution is 0.217. The van der Waals surface area contributed by atoms with Gasteiger partial charge in [-0.3, -0.25) is 0 Å². The van der Waals surface area contributed by atoms with E-state index in [1.165, 1.54) is 6.07 Å². The fourth-order valence-electron chi connectivity index (χ4n) is 2.70. The molecular weight excluding hydrogens is 239 g/mol. The van der Waals surface area contributed by atoms with E-state index in [-0.39, 0.29) is 5.82 Å². The highest BCUT2D eigenvalue weighted by atomic mass is 35.5. The van der Waals surface area contributed by atoms with Crippen molar-refractivity contribution >= 4 is 22.6 Å². The number of hydrogen-bond donors (Lipinski definition) is 0. The Morgan fingerprint density at radius 3 is 2.88 bits per heavy atom. The lowest BCUT2D eigenvalue weighted by Crippen LogP contribution is -2.25. The van der Waals surface area contributed by atoms with Crippen molar-refractivity contribution in [2.75, 3.05) is 0 Å². The molecule has 1 heterocycles. The first kappa shape index (κ1) is 11.0. The molecule has 0 N–H and O–H groups in total. The molecule has 1 aliphatic carbocycles. The largest absolute Gasteiger partial charge is 0.324 e. The van der Waals surface area contributed by atoms with Crippen molar-refractivity contribution in [2.45, 2.75) is 31.7 Å². The summed E-state index contributed by atoms with van der Waals surface area (Å²) in [5.41, 5.74) is 1.32. The first-order valence-corrected chi connectivity index (χ1v) is 6.45. The van der Waals surface area contributed by atoms with Crippen LogP contribution in [0.3, 0.4) is 0 Å². The van der Waals surface area contributed by atoms with Gasteiger partial charge in [0.15, 0.2) is 5.82 Å². The third-order valence-electron chi connectivity index (χ3n) is 3.58. The molecule has 0 atom stereocenters. The smallest absolute Gasteiger partial charge is 0.151 e. The summed E-state index contributed by atoms with van der Waals surface area (Å²) in [7, 11) is 0. The van der Waals surface area contributed by atoms with Crippen LogP contribution in [0.25, 0.3) is 11.0 Å². The first-order chi connectivity index (χ1) is 8.20. The van der Waals surface area contributed by atoms with E-state index in [1.807, 2.05) is 6.07 Å². The van der Waals surface area contributed by atoms with Gasteiger partial charge in [-0.2, -0.15) is 0 Å². The molecule has 2 nitrogen and oxygen atoms in total. The summed E-state index contributed by atoms with van der Waals surface area (Å²) in [6, 6.07) is 5.53. The average molecular weight is 253 g/mol. The van der Waals surface area contributed by atoms with Crippen LogP contribution in [0.4, 0.5) is 4.39 Å². The van der Waals surface area contributed by atoms with E-state index in [0.29, 0.717) is 17.4 Å². The molecule has 0 bridgehead atoms. The Balaban J connectivity index is 2.17. The van der Waals surface area contributed by atoms with E-state index in [2.05, 4.69) is 16.5 Å². The summed E-state index contributed by atoms with van der Waals surface area (Å²) in [6.45, 7) is 2.23. The number of para-hydroxylation sites is 1. The number of halogens is 2. The number of hydrogen-bond acceptors (Lipinski definition) is 1. The van der Waals surface area contributed by atoms with Crippen LogP contribution in [0.15, 0.2) is 18.2 Å². The maximum Gasteiger partial charge on any atom is 0.151 e. The molecule has 4 heteroatoms. The molecule has 1 saturated carbocycles. The number of benzene rings is 1. The second-order valence-corrected chi connectivity index (χ2v) is 5.14. The Hall–Kier alpha value is -1.09.